The Bertz CT molecular complexity index is 701. The molecule has 0 aromatic carbocycles. The average molecular weight is 358 g/mol. The topological polar surface area (TPSA) is 59.3 Å². The molecule has 0 bridgehead atoms. The first kappa shape index (κ1) is 18.9. The number of likely N-dealkylation sites (N-methyl/N-ethyl adjacent to an activating group) is 2. The second kappa shape index (κ2) is 8.70. The van der Waals surface area contributed by atoms with Gasteiger partial charge in [0.2, 0.25) is 0 Å². The molecule has 7 nitrogen and oxygen atoms in total. The molecule has 1 saturated heterocycles. The highest BCUT2D eigenvalue weighted by Gasteiger charge is 2.26. The molecule has 2 aromatic rings. The zero-order chi connectivity index (χ0) is 18.5. The molecule has 1 aliphatic rings. The van der Waals surface area contributed by atoms with E-state index in [1.165, 1.54) is 0 Å². The van der Waals surface area contributed by atoms with Crippen LogP contribution in [0.25, 0.3) is 5.82 Å². The fraction of sp³-hybridized carbons (Fsp3) is 0.632. The first-order chi connectivity index (χ1) is 12.5. The number of aromatic nitrogens is 4. The maximum atomic E-state index is 6.25. The summed E-state index contributed by atoms with van der Waals surface area (Å²) in [7, 11) is 6.38. The SMILES string of the molecule is Cc1cnn(-c2cc(C[C@@H]3CC[C@H](CN(C)CCN(C)C)O3)ncn2)c1. The van der Waals surface area contributed by atoms with Gasteiger partial charge in [-0.1, -0.05) is 0 Å². The van der Waals surface area contributed by atoms with E-state index in [1.807, 2.05) is 25.4 Å². The van der Waals surface area contributed by atoms with Gasteiger partial charge in [0.05, 0.1) is 18.4 Å². The summed E-state index contributed by atoms with van der Waals surface area (Å²) < 4.78 is 8.04. The molecule has 0 amide bonds. The zero-order valence-corrected chi connectivity index (χ0v) is 16.3. The summed E-state index contributed by atoms with van der Waals surface area (Å²) in [6.45, 7) is 5.15. The molecule has 26 heavy (non-hydrogen) atoms. The van der Waals surface area contributed by atoms with Gasteiger partial charge in [0.25, 0.3) is 0 Å². The molecule has 7 heteroatoms. The van der Waals surface area contributed by atoms with Crippen LogP contribution in [0.2, 0.25) is 0 Å². The Labute approximate surface area is 156 Å². The summed E-state index contributed by atoms with van der Waals surface area (Å²) in [5.41, 5.74) is 2.13. The molecule has 2 aromatic heterocycles. The van der Waals surface area contributed by atoms with Crippen molar-refractivity contribution in [3.8, 4) is 5.82 Å². The Hall–Kier alpha value is -1.83. The van der Waals surface area contributed by atoms with Crippen molar-refractivity contribution in [1.82, 2.24) is 29.5 Å². The third-order valence-electron chi connectivity index (χ3n) is 4.73. The van der Waals surface area contributed by atoms with E-state index in [0.717, 1.165) is 56.0 Å². The number of nitrogens with zero attached hydrogens (tertiary/aromatic N) is 6. The molecule has 0 saturated carbocycles. The van der Waals surface area contributed by atoms with Crippen LogP contribution in [0.15, 0.2) is 24.8 Å². The Morgan fingerprint density at radius 1 is 1.15 bits per heavy atom. The van der Waals surface area contributed by atoms with Crippen molar-refractivity contribution < 1.29 is 4.74 Å². The molecule has 2 atom stereocenters. The standard InChI is InChI=1S/C19H30N6O/c1-15-11-22-25(12-15)19-10-16(20-14-21-19)9-17-5-6-18(26-17)13-24(4)8-7-23(2)3/h10-12,14,17-18H,5-9,13H2,1-4H3/t17-,18+/m0/s1. The predicted molar refractivity (Wildman–Crippen MR) is 102 cm³/mol. The Morgan fingerprint density at radius 3 is 2.69 bits per heavy atom. The van der Waals surface area contributed by atoms with Crippen LogP contribution in [-0.4, -0.2) is 82.5 Å². The minimum atomic E-state index is 0.240. The van der Waals surface area contributed by atoms with Crippen molar-refractivity contribution >= 4 is 0 Å². The highest BCUT2D eigenvalue weighted by molar-refractivity contribution is 5.24. The Kier molecular flexibility index (Phi) is 6.34. The summed E-state index contributed by atoms with van der Waals surface area (Å²) in [6, 6.07) is 2.01. The lowest BCUT2D eigenvalue weighted by atomic mass is 10.1. The molecule has 0 radical (unpaired) electrons. The summed E-state index contributed by atoms with van der Waals surface area (Å²) in [5, 5.41) is 4.32. The minimum Gasteiger partial charge on any atom is -0.373 e. The number of ether oxygens (including phenoxy) is 1. The number of hydrogen-bond donors (Lipinski definition) is 0. The van der Waals surface area contributed by atoms with Gasteiger partial charge in [0.15, 0.2) is 5.82 Å². The van der Waals surface area contributed by atoms with Gasteiger partial charge in [0, 0.05) is 44.0 Å². The molecule has 1 fully saturated rings. The van der Waals surface area contributed by atoms with Crippen LogP contribution in [0.1, 0.15) is 24.1 Å². The monoisotopic (exact) mass is 358 g/mol. The van der Waals surface area contributed by atoms with Crippen molar-refractivity contribution in [3.05, 3.63) is 36.0 Å². The van der Waals surface area contributed by atoms with Crippen LogP contribution in [0, 0.1) is 6.92 Å². The molecule has 0 N–H and O–H groups in total. The molecular weight excluding hydrogens is 328 g/mol. The largest absolute Gasteiger partial charge is 0.373 e. The van der Waals surface area contributed by atoms with Crippen LogP contribution < -0.4 is 0 Å². The summed E-state index contributed by atoms with van der Waals surface area (Å²) in [5.74, 6) is 0.807. The molecule has 0 unspecified atom stereocenters. The van der Waals surface area contributed by atoms with Gasteiger partial charge in [-0.25, -0.2) is 14.6 Å². The van der Waals surface area contributed by atoms with Crippen LogP contribution in [0.3, 0.4) is 0 Å². The molecular formula is C19H30N6O. The van der Waals surface area contributed by atoms with Gasteiger partial charge in [-0.3, -0.25) is 0 Å². The lowest BCUT2D eigenvalue weighted by Crippen LogP contribution is -2.34. The zero-order valence-electron chi connectivity index (χ0n) is 16.3. The normalized spacial score (nSPS) is 20.4. The van der Waals surface area contributed by atoms with Crippen molar-refractivity contribution in [1.29, 1.82) is 0 Å². The van der Waals surface area contributed by atoms with Gasteiger partial charge in [-0.2, -0.15) is 5.10 Å². The third kappa shape index (κ3) is 5.33. The predicted octanol–water partition coefficient (Wildman–Crippen LogP) is 1.55. The van der Waals surface area contributed by atoms with Crippen LogP contribution in [0.4, 0.5) is 0 Å². The Morgan fingerprint density at radius 2 is 1.96 bits per heavy atom. The van der Waals surface area contributed by atoms with Gasteiger partial charge in [0.1, 0.15) is 6.33 Å². The van der Waals surface area contributed by atoms with Crippen LogP contribution in [0.5, 0.6) is 0 Å². The second-order valence-electron chi connectivity index (χ2n) is 7.56. The highest BCUT2D eigenvalue weighted by Crippen LogP contribution is 2.23. The minimum absolute atomic E-state index is 0.240. The van der Waals surface area contributed by atoms with E-state index in [-0.39, 0.29) is 6.10 Å². The highest BCUT2D eigenvalue weighted by atomic mass is 16.5. The molecule has 3 heterocycles. The van der Waals surface area contributed by atoms with Gasteiger partial charge < -0.3 is 14.5 Å². The fourth-order valence-corrected chi connectivity index (χ4v) is 3.27. The van der Waals surface area contributed by atoms with Crippen LogP contribution in [-0.2, 0) is 11.2 Å². The maximum absolute atomic E-state index is 6.25. The van der Waals surface area contributed by atoms with E-state index in [9.17, 15) is 0 Å². The average Bonchev–Trinajstić information content (AvgIpc) is 3.22. The summed E-state index contributed by atoms with van der Waals surface area (Å²) in [6.07, 6.45) is 9.01. The van der Waals surface area contributed by atoms with Crippen molar-refractivity contribution in [2.24, 2.45) is 0 Å². The molecule has 3 rings (SSSR count). The summed E-state index contributed by atoms with van der Waals surface area (Å²) in [4.78, 5) is 13.3. The smallest absolute Gasteiger partial charge is 0.156 e. The first-order valence-corrected chi connectivity index (χ1v) is 9.31. The molecule has 1 aliphatic heterocycles. The van der Waals surface area contributed by atoms with E-state index in [4.69, 9.17) is 4.74 Å². The van der Waals surface area contributed by atoms with Crippen molar-refractivity contribution in [3.63, 3.8) is 0 Å². The van der Waals surface area contributed by atoms with Crippen molar-refractivity contribution in [2.45, 2.75) is 38.4 Å². The van der Waals surface area contributed by atoms with E-state index in [1.54, 1.807) is 11.0 Å². The number of aryl methyl sites for hydroxylation is 1. The van der Waals surface area contributed by atoms with E-state index < -0.39 is 0 Å². The quantitative estimate of drug-likeness (QED) is 0.714. The number of hydrogen-bond acceptors (Lipinski definition) is 6. The Balaban J connectivity index is 1.51. The molecule has 142 valence electrons. The third-order valence-corrected chi connectivity index (χ3v) is 4.73. The van der Waals surface area contributed by atoms with Crippen LogP contribution >= 0.6 is 0 Å². The molecule has 0 aliphatic carbocycles. The number of rotatable bonds is 8. The lowest BCUT2D eigenvalue weighted by molar-refractivity contribution is 0.0267. The van der Waals surface area contributed by atoms with E-state index in [0.29, 0.717) is 6.10 Å². The lowest BCUT2D eigenvalue weighted by Gasteiger charge is -2.23. The molecule has 0 spiro atoms. The first-order valence-electron chi connectivity index (χ1n) is 9.31. The van der Waals surface area contributed by atoms with E-state index in [2.05, 4.69) is 46.0 Å². The van der Waals surface area contributed by atoms with Crippen molar-refractivity contribution in [2.75, 3.05) is 40.8 Å². The maximum Gasteiger partial charge on any atom is 0.156 e. The van der Waals surface area contributed by atoms with Gasteiger partial charge in [-0.15, -0.1) is 0 Å². The summed E-state index contributed by atoms with van der Waals surface area (Å²) >= 11 is 0. The van der Waals surface area contributed by atoms with Gasteiger partial charge in [-0.05, 0) is 46.5 Å². The fourth-order valence-electron chi connectivity index (χ4n) is 3.27. The van der Waals surface area contributed by atoms with E-state index >= 15 is 0 Å². The van der Waals surface area contributed by atoms with Gasteiger partial charge >= 0.3 is 0 Å². The second-order valence-corrected chi connectivity index (χ2v) is 7.56.